The number of benzene rings is 2. The van der Waals surface area contributed by atoms with Crippen molar-refractivity contribution in [1.82, 2.24) is 0 Å². The molecular formula is C15H15NO4. The first kappa shape index (κ1) is 14.0. The predicted octanol–water partition coefficient (Wildman–Crippen LogP) is 3.75. The molecule has 2 rings (SSSR count). The minimum absolute atomic E-state index is 0.0922. The van der Waals surface area contributed by atoms with Gasteiger partial charge >= 0.3 is 5.69 Å². The molecule has 0 spiro atoms. The van der Waals surface area contributed by atoms with Crippen LogP contribution in [0.4, 0.5) is 5.69 Å². The standard InChI is InChI=1S/C15H15NO4/c1-10-7-8-15(13(9-10)16(18)19)20-14-6-4-3-5-12(14)11(2)17/h3-9,11,17H,1-2H3/t11-/m0/s1. The van der Waals surface area contributed by atoms with Crippen LogP contribution in [0.2, 0.25) is 0 Å². The third-order valence-corrected chi connectivity index (χ3v) is 2.90. The summed E-state index contributed by atoms with van der Waals surface area (Å²) in [6, 6.07) is 11.7. The van der Waals surface area contributed by atoms with Gasteiger partial charge in [0.15, 0.2) is 0 Å². The minimum atomic E-state index is -0.712. The zero-order chi connectivity index (χ0) is 14.7. The van der Waals surface area contributed by atoms with Crippen molar-refractivity contribution in [3.63, 3.8) is 0 Å². The van der Waals surface area contributed by atoms with Crippen LogP contribution in [-0.2, 0) is 0 Å². The number of para-hydroxylation sites is 1. The normalized spacial score (nSPS) is 11.9. The molecule has 5 heteroatoms. The lowest BCUT2D eigenvalue weighted by Crippen LogP contribution is -1.98. The van der Waals surface area contributed by atoms with Gasteiger partial charge in [-0.1, -0.05) is 24.3 Å². The molecule has 1 atom stereocenters. The van der Waals surface area contributed by atoms with Crippen molar-refractivity contribution in [3.05, 3.63) is 63.7 Å². The smallest absolute Gasteiger partial charge is 0.311 e. The molecule has 0 bridgehead atoms. The van der Waals surface area contributed by atoms with Gasteiger partial charge in [-0.3, -0.25) is 10.1 Å². The Balaban J connectivity index is 2.43. The highest BCUT2D eigenvalue weighted by molar-refractivity contribution is 5.51. The van der Waals surface area contributed by atoms with Crippen molar-refractivity contribution in [1.29, 1.82) is 0 Å². The number of aliphatic hydroxyl groups excluding tert-OH is 1. The maximum absolute atomic E-state index is 11.1. The van der Waals surface area contributed by atoms with Crippen LogP contribution < -0.4 is 4.74 Å². The molecule has 0 aliphatic carbocycles. The molecule has 0 unspecified atom stereocenters. The van der Waals surface area contributed by atoms with E-state index in [4.69, 9.17) is 4.74 Å². The van der Waals surface area contributed by atoms with Crippen molar-refractivity contribution >= 4 is 5.69 Å². The van der Waals surface area contributed by atoms with E-state index in [1.807, 2.05) is 0 Å². The monoisotopic (exact) mass is 273 g/mol. The first-order valence-corrected chi connectivity index (χ1v) is 6.19. The van der Waals surface area contributed by atoms with E-state index in [2.05, 4.69) is 0 Å². The van der Waals surface area contributed by atoms with E-state index in [9.17, 15) is 15.2 Å². The summed E-state index contributed by atoms with van der Waals surface area (Å²) in [5, 5.41) is 20.8. The van der Waals surface area contributed by atoms with Gasteiger partial charge in [0.1, 0.15) is 5.75 Å². The number of nitrogens with zero attached hydrogens (tertiary/aromatic N) is 1. The molecule has 0 saturated heterocycles. The quantitative estimate of drug-likeness (QED) is 0.680. The molecule has 0 fully saturated rings. The van der Waals surface area contributed by atoms with E-state index in [-0.39, 0.29) is 11.4 Å². The highest BCUT2D eigenvalue weighted by Gasteiger charge is 2.17. The molecule has 20 heavy (non-hydrogen) atoms. The van der Waals surface area contributed by atoms with E-state index in [0.29, 0.717) is 11.3 Å². The number of hydrogen-bond donors (Lipinski definition) is 1. The molecular weight excluding hydrogens is 258 g/mol. The largest absolute Gasteiger partial charge is 0.450 e. The van der Waals surface area contributed by atoms with Gasteiger partial charge < -0.3 is 9.84 Å². The van der Waals surface area contributed by atoms with Gasteiger partial charge in [-0.25, -0.2) is 0 Å². The van der Waals surface area contributed by atoms with Gasteiger partial charge in [-0.05, 0) is 31.5 Å². The van der Waals surface area contributed by atoms with Crippen molar-refractivity contribution in [2.75, 3.05) is 0 Å². The molecule has 0 saturated carbocycles. The summed E-state index contributed by atoms with van der Waals surface area (Å²) in [5.74, 6) is 0.572. The second-order valence-corrected chi connectivity index (χ2v) is 4.54. The Hall–Kier alpha value is -2.40. The van der Waals surface area contributed by atoms with Crippen molar-refractivity contribution in [2.24, 2.45) is 0 Å². The third-order valence-electron chi connectivity index (χ3n) is 2.90. The lowest BCUT2D eigenvalue weighted by molar-refractivity contribution is -0.385. The Bertz CT molecular complexity index is 638. The number of ether oxygens (including phenoxy) is 1. The van der Waals surface area contributed by atoms with Gasteiger partial charge in [0.2, 0.25) is 5.75 Å². The Morgan fingerprint density at radius 3 is 2.55 bits per heavy atom. The molecule has 0 aliphatic heterocycles. The highest BCUT2D eigenvalue weighted by Crippen LogP contribution is 2.35. The number of nitro benzene ring substituents is 1. The molecule has 104 valence electrons. The van der Waals surface area contributed by atoms with Crippen molar-refractivity contribution in [2.45, 2.75) is 20.0 Å². The molecule has 0 heterocycles. The summed E-state index contributed by atoms with van der Waals surface area (Å²) in [6.07, 6.45) is -0.712. The molecule has 2 aromatic rings. The molecule has 0 amide bonds. The Kier molecular flexibility index (Phi) is 4.00. The fourth-order valence-corrected chi connectivity index (χ4v) is 1.89. The Morgan fingerprint density at radius 1 is 1.20 bits per heavy atom. The van der Waals surface area contributed by atoms with Crippen LogP contribution in [0.15, 0.2) is 42.5 Å². The minimum Gasteiger partial charge on any atom is -0.450 e. The molecule has 1 N–H and O–H groups in total. The maximum Gasteiger partial charge on any atom is 0.311 e. The second kappa shape index (κ2) is 5.71. The van der Waals surface area contributed by atoms with Crippen LogP contribution >= 0.6 is 0 Å². The summed E-state index contributed by atoms with van der Waals surface area (Å²) < 4.78 is 5.62. The molecule has 0 radical (unpaired) electrons. The zero-order valence-electron chi connectivity index (χ0n) is 11.2. The summed E-state index contributed by atoms with van der Waals surface area (Å²) in [4.78, 5) is 10.6. The van der Waals surface area contributed by atoms with Crippen molar-refractivity contribution < 1.29 is 14.8 Å². The lowest BCUT2D eigenvalue weighted by Gasteiger charge is -2.13. The number of hydrogen-bond acceptors (Lipinski definition) is 4. The average molecular weight is 273 g/mol. The van der Waals surface area contributed by atoms with Crippen LogP contribution in [0, 0.1) is 17.0 Å². The lowest BCUT2D eigenvalue weighted by atomic mass is 10.1. The summed E-state index contributed by atoms with van der Waals surface area (Å²) in [6.45, 7) is 3.40. The SMILES string of the molecule is Cc1ccc(Oc2ccccc2[C@H](C)O)c([N+](=O)[O-])c1. The van der Waals surface area contributed by atoms with Gasteiger partial charge in [-0.15, -0.1) is 0 Å². The van der Waals surface area contributed by atoms with Crippen LogP contribution in [0.25, 0.3) is 0 Å². The molecule has 2 aromatic carbocycles. The Labute approximate surface area is 116 Å². The number of aryl methyl sites for hydroxylation is 1. The fourth-order valence-electron chi connectivity index (χ4n) is 1.89. The van der Waals surface area contributed by atoms with Crippen molar-refractivity contribution in [3.8, 4) is 11.5 Å². The van der Waals surface area contributed by atoms with E-state index in [1.54, 1.807) is 50.2 Å². The number of rotatable bonds is 4. The first-order chi connectivity index (χ1) is 9.49. The average Bonchev–Trinajstić information content (AvgIpc) is 2.41. The van der Waals surface area contributed by atoms with E-state index < -0.39 is 11.0 Å². The highest BCUT2D eigenvalue weighted by atomic mass is 16.6. The molecule has 0 aliphatic rings. The molecule has 0 aromatic heterocycles. The fraction of sp³-hybridized carbons (Fsp3) is 0.200. The maximum atomic E-state index is 11.1. The van der Waals surface area contributed by atoms with Crippen LogP contribution in [0.1, 0.15) is 24.2 Å². The first-order valence-electron chi connectivity index (χ1n) is 6.19. The molecule has 5 nitrogen and oxygen atoms in total. The predicted molar refractivity (Wildman–Crippen MR) is 75.0 cm³/mol. The number of aliphatic hydroxyl groups is 1. The van der Waals surface area contributed by atoms with Crippen LogP contribution in [0.5, 0.6) is 11.5 Å². The van der Waals surface area contributed by atoms with Gasteiger partial charge in [0.25, 0.3) is 0 Å². The summed E-state index contributed by atoms with van der Waals surface area (Å²) in [5.41, 5.74) is 1.28. The van der Waals surface area contributed by atoms with E-state index >= 15 is 0 Å². The van der Waals surface area contributed by atoms with Crippen LogP contribution in [-0.4, -0.2) is 10.0 Å². The topological polar surface area (TPSA) is 72.6 Å². The second-order valence-electron chi connectivity index (χ2n) is 4.54. The Morgan fingerprint density at radius 2 is 1.90 bits per heavy atom. The van der Waals surface area contributed by atoms with E-state index in [1.165, 1.54) is 6.07 Å². The van der Waals surface area contributed by atoms with E-state index in [0.717, 1.165) is 5.56 Å². The van der Waals surface area contributed by atoms with Gasteiger partial charge in [0, 0.05) is 11.6 Å². The van der Waals surface area contributed by atoms with Gasteiger partial charge in [-0.2, -0.15) is 0 Å². The summed E-state index contributed by atoms with van der Waals surface area (Å²) in [7, 11) is 0. The number of nitro groups is 1. The van der Waals surface area contributed by atoms with Gasteiger partial charge in [0.05, 0.1) is 11.0 Å². The third kappa shape index (κ3) is 2.95. The van der Waals surface area contributed by atoms with Crippen LogP contribution in [0.3, 0.4) is 0 Å². The zero-order valence-corrected chi connectivity index (χ0v) is 11.2. The summed E-state index contributed by atoms with van der Waals surface area (Å²) >= 11 is 0.